The average molecular weight is 254 g/mol. The highest BCUT2D eigenvalue weighted by molar-refractivity contribution is 5.78. The van der Waals surface area contributed by atoms with E-state index in [1.165, 1.54) is 0 Å². The van der Waals surface area contributed by atoms with Crippen molar-refractivity contribution in [1.29, 1.82) is 0 Å². The van der Waals surface area contributed by atoms with E-state index >= 15 is 0 Å². The SMILES string of the molecule is CC1CC(N)CC(C(=O)NCC2CCOC2C)C1. The molecule has 18 heavy (non-hydrogen) atoms. The highest BCUT2D eigenvalue weighted by Crippen LogP contribution is 2.28. The third-order valence-corrected chi connectivity index (χ3v) is 4.42. The first-order valence-corrected chi connectivity index (χ1v) is 7.21. The van der Waals surface area contributed by atoms with Gasteiger partial charge in [-0.15, -0.1) is 0 Å². The first kappa shape index (κ1) is 13.8. The lowest BCUT2D eigenvalue weighted by molar-refractivity contribution is -0.126. The Morgan fingerprint density at radius 2 is 2.11 bits per heavy atom. The van der Waals surface area contributed by atoms with Crippen molar-refractivity contribution >= 4 is 5.91 Å². The first-order chi connectivity index (χ1) is 8.56. The highest BCUT2D eigenvalue weighted by atomic mass is 16.5. The Bertz CT molecular complexity index is 286. The Balaban J connectivity index is 1.77. The molecule has 2 aliphatic rings. The second kappa shape index (κ2) is 6.02. The molecule has 1 heterocycles. The predicted octanol–water partition coefficient (Wildman–Crippen LogP) is 1.29. The molecule has 2 rings (SSSR count). The fraction of sp³-hybridized carbons (Fsp3) is 0.929. The molecule has 0 aromatic heterocycles. The number of hydrogen-bond donors (Lipinski definition) is 2. The second-order valence-electron chi connectivity index (χ2n) is 6.14. The number of carbonyl (C=O) groups is 1. The number of nitrogens with one attached hydrogen (secondary N) is 1. The van der Waals surface area contributed by atoms with Crippen LogP contribution in [0, 0.1) is 17.8 Å². The van der Waals surface area contributed by atoms with Gasteiger partial charge in [0, 0.05) is 31.0 Å². The fourth-order valence-corrected chi connectivity index (χ4v) is 3.29. The van der Waals surface area contributed by atoms with Crippen molar-refractivity contribution in [3.05, 3.63) is 0 Å². The molecule has 1 aliphatic carbocycles. The number of amides is 1. The van der Waals surface area contributed by atoms with Crippen LogP contribution >= 0.6 is 0 Å². The molecule has 4 nitrogen and oxygen atoms in total. The Hall–Kier alpha value is -0.610. The zero-order valence-electron chi connectivity index (χ0n) is 11.5. The summed E-state index contributed by atoms with van der Waals surface area (Å²) in [4.78, 5) is 12.1. The zero-order chi connectivity index (χ0) is 13.1. The van der Waals surface area contributed by atoms with Gasteiger partial charge in [-0.05, 0) is 38.5 Å². The molecule has 0 aromatic rings. The summed E-state index contributed by atoms with van der Waals surface area (Å²) in [6.07, 6.45) is 4.21. The largest absolute Gasteiger partial charge is 0.378 e. The molecular weight excluding hydrogens is 228 g/mol. The molecule has 0 aromatic carbocycles. The van der Waals surface area contributed by atoms with Gasteiger partial charge in [-0.3, -0.25) is 4.79 Å². The predicted molar refractivity (Wildman–Crippen MR) is 71.0 cm³/mol. The fourth-order valence-electron chi connectivity index (χ4n) is 3.29. The van der Waals surface area contributed by atoms with E-state index in [0.29, 0.717) is 11.8 Å². The van der Waals surface area contributed by atoms with Gasteiger partial charge in [0.15, 0.2) is 0 Å². The molecule has 0 radical (unpaired) electrons. The Labute approximate surface area is 110 Å². The molecule has 1 aliphatic heterocycles. The van der Waals surface area contributed by atoms with Crippen LogP contribution in [-0.4, -0.2) is 31.2 Å². The molecule has 2 fully saturated rings. The summed E-state index contributed by atoms with van der Waals surface area (Å²) in [6.45, 7) is 5.85. The van der Waals surface area contributed by atoms with Crippen molar-refractivity contribution in [1.82, 2.24) is 5.32 Å². The van der Waals surface area contributed by atoms with Gasteiger partial charge in [-0.25, -0.2) is 0 Å². The summed E-state index contributed by atoms with van der Waals surface area (Å²) in [5.41, 5.74) is 5.99. The molecule has 104 valence electrons. The number of nitrogens with two attached hydrogens (primary N) is 1. The molecule has 4 heteroatoms. The van der Waals surface area contributed by atoms with E-state index in [0.717, 1.165) is 38.8 Å². The van der Waals surface area contributed by atoms with Crippen LogP contribution < -0.4 is 11.1 Å². The molecule has 0 spiro atoms. The maximum atomic E-state index is 12.1. The average Bonchev–Trinajstić information content (AvgIpc) is 2.70. The lowest BCUT2D eigenvalue weighted by Crippen LogP contribution is -2.42. The minimum absolute atomic E-state index is 0.112. The molecule has 5 unspecified atom stereocenters. The van der Waals surface area contributed by atoms with Crippen molar-refractivity contribution in [2.24, 2.45) is 23.5 Å². The minimum atomic E-state index is 0.112. The van der Waals surface area contributed by atoms with Crippen molar-refractivity contribution in [3.63, 3.8) is 0 Å². The van der Waals surface area contributed by atoms with Gasteiger partial charge in [-0.2, -0.15) is 0 Å². The summed E-state index contributed by atoms with van der Waals surface area (Å²) in [7, 11) is 0. The van der Waals surface area contributed by atoms with Crippen molar-refractivity contribution in [2.45, 2.75) is 51.7 Å². The van der Waals surface area contributed by atoms with E-state index in [-0.39, 0.29) is 24.0 Å². The molecule has 0 bridgehead atoms. The van der Waals surface area contributed by atoms with Gasteiger partial charge in [-0.1, -0.05) is 6.92 Å². The van der Waals surface area contributed by atoms with Crippen LogP contribution in [-0.2, 0) is 9.53 Å². The highest BCUT2D eigenvalue weighted by Gasteiger charge is 2.30. The zero-order valence-corrected chi connectivity index (χ0v) is 11.5. The smallest absolute Gasteiger partial charge is 0.223 e. The number of hydrogen-bond acceptors (Lipinski definition) is 3. The summed E-state index contributed by atoms with van der Waals surface area (Å²) < 4.78 is 5.51. The van der Waals surface area contributed by atoms with Gasteiger partial charge >= 0.3 is 0 Å². The lowest BCUT2D eigenvalue weighted by Gasteiger charge is -2.30. The molecule has 3 N–H and O–H groups in total. The van der Waals surface area contributed by atoms with Crippen LogP contribution in [0.25, 0.3) is 0 Å². The minimum Gasteiger partial charge on any atom is -0.378 e. The Morgan fingerprint density at radius 1 is 1.33 bits per heavy atom. The normalized spacial score (nSPS) is 40.7. The lowest BCUT2D eigenvalue weighted by atomic mass is 9.79. The number of rotatable bonds is 3. The first-order valence-electron chi connectivity index (χ1n) is 7.21. The van der Waals surface area contributed by atoms with E-state index in [1.807, 2.05) is 0 Å². The van der Waals surface area contributed by atoms with Crippen molar-refractivity contribution < 1.29 is 9.53 Å². The van der Waals surface area contributed by atoms with Gasteiger partial charge in [0.05, 0.1) is 6.10 Å². The second-order valence-corrected chi connectivity index (χ2v) is 6.14. The van der Waals surface area contributed by atoms with Crippen LogP contribution in [0.4, 0.5) is 0 Å². The van der Waals surface area contributed by atoms with Gasteiger partial charge < -0.3 is 15.8 Å². The molecule has 1 saturated carbocycles. The van der Waals surface area contributed by atoms with E-state index < -0.39 is 0 Å². The van der Waals surface area contributed by atoms with Gasteiger partial charge in [0.2, 0.25) is 5.91 Å². The summed E-state index contributed by atoms with van der Waals surface area (Å²) in [6, 6.07) is 0.193. The van der Waals surface area contributed by atoms with Crippen LogP contribution in [0.1, 0.15) is 39.5 Å². The topological polar surface area (TPSA) is 64.4 Å². The Kier molecular flexibility index (Phi) is 4.62. The van der Waals surface area contributed by atoms with E-state index in [1.54, 1.807) is 0 Å². The molecule has 5 atom stereocenters. The quantitative estimate of drug-likeness (QED) is 0.797. The van der Waals surface area contributed by atoms with Gasteiger partial charge in [0.1, 0.15) is 0 Å². The van der Waals surface area contributed by atoms with Crippen molar-refractivity contribution in [2.75, 3.05) is 13.2 Å². The van der Waals surface area contributed by atoms with Crippen LogP contribution in [0.15, 0.2) is 0 Å². The number of carbonyl (C=O) groups excluding carboxylic acids is 1. The van der Waals surface area contributed by atoms with Crippen LogP contribution in [0.2, 0.25) is 0 Å². The van der Waals surface area contributed by atoms with Gasteiger partial charge in [0.25, 0.3) is 0 Å². The van der Waals surface area contributed by atoms with E-state index in [4.69, 9.17) is 10.5 Å². The molecule has 1 amide bonds. The maximum absolute atomic E-state index is 12.1. The van der Waals surface area contributed by atoms with Crippen LogP contribution in [0.5, 0.6) is 0 Å². The van der Waals surface area contributed by atoms with Crippen LogP contribution in [0.3, 0.4) is 0 Å². The molecule has 1 saturated heterocycles. The number of ether oxygens (including phenoxy) is 1. The molecular formula is C14H26N2O2. The standard InChI is InChI=1S/C14H26N2O2/c1-9-5-12(7-13(15)6-9)14(17)16-8-11-3-4-18-10(11)2/h9-13H,3-8,15H2,1-2H3,(H,16,17). The summed E-state index contributed by atoms with van der Waals surface area (Å²) >= 11 is 0. The monoisotopic (exact) mass is 254 g/mol. The summed E-state index contributed by atoms with van der Waals surface area (Å²) in [5, 5.41) is 3.09. The summed E-state index contributed by atoms with van der Waals surface area (Å²) in [5.74, 6) is 1.35. The Morgan fingerprint density at radius 3 is 2.72 bits per heavy atom. The van der Waals surface area contributed by atoms with Crippen molar-refractivity contribution in [3.8, 4) is 0 Å². The van der Waals surface area contributed by atoms with E-state index in [2.05, 4.69) is 19.2 Å². The van der Waals surface area contributed by atoms with E-state index in [9.17, 15) is 4.79 Å². The maximum Gasteiger partial charge on any atom is 0.223 e. The third-order valence-electron chi connectivity index (χ3n) is 4.42. The third kappa shape index (κ3) is 3.45.